The van der Waals surface area contributed by atoms with Crippen molar-refractivity contribution in [3.8, 4) is 0 Å². The Balaban J connectivity index is 1.41. The van der Waals surface area contributed by atoms with Crippen LogP contribution in [0.4, 0.5) is 13.2 Å². The van der Waals surface area contributed by atoms with Crippen molar-refractivity contribution in [2.75, 3.05) is 13.1 Å². The molecule has 1 heterocycles. The highest BCUT2D eigenvalue weighted by Crippen LogP contribution is 2.41. The van der Waals surface area contributed by atoms with Gasteiger partial charge in [0.15, 0.2) is 0 Å². The van der Waals surface area contributed by atoms with E-state index in [-0.39, 0.29) is 23.3 Å². The summed E-state index contributed by atoms with van der Waals surface area (Å²) in [7, 11) is 0. The fraction of sp³-hybridized carbons (Fsp3) is 0.519. The molecule has 1 aliphatic heterocycles. The molecule has 1 aliphatic carbocycles. The molecule has 6 heteroatoms. The first-order valence-corrected chi connectivity index (χ1v) is 11.8. The molecule has 33 heavy (non-hydrogen) atoms. The number of likely N-dealkylation sites (tertiary alicyclic amines) is 1. The molecule has 0 spiro atoms. The van der Waals surface area contributed by atoms with Gasteiger partial charge in [-0.3, -0.25) is 9.69 Å². The molecule has 1 saturated heterocycles. The molecule has 2 aromatic rings. The molecule has 0 aromatic heterocycles. The molecule has 3 nitrogen and oxygen atoms in total. The van der Waals surface area contributed by atoms with Gasteiger partial charge in [-0.2, -0.15) is 13.2 Å². The first-order valence-electron chi connectivity index (χ1n) is 11.8. The van der Waals surface area contributed by atoms with Gasteiger partial charge >= 0.3 is 6.18 Å². The molecule has 2 fully saturated rings. The topological polar surface area (TPSA) is 32.3 Å². The molecule has 0 radical (unpaired) electrons. The van der Waals surface area contributed by atoms with E-state index in [1.807, 2.05) is 30.3 Å². The number of nitrogens with one attached hydrogen (secondary N) is 1. The van der Waals surface area contributed by atoms with E-state index in [0.717, 1.165) is 37.6 Å². The summed E-state index contributed by atoms with van der Waals surface area (Å²) in [5.41, 5.74) is 0.893. The van der Waals surface area contributed by atoms with Crippen molar-refractivity contribution in [2.24, 2.45) is 17.3 Å². The smallest absolute Gasteiger partial charge is 0.352 e. The summed E-state index contributed by atoms with van der Waals surface area (Å²) in [6.07, 6.45) is -2.32. The molecule has 1 N–H and O–H groups in total. The van der Waals surface area contributed by atoms with Gasteiger partial charge in [-0.25, -0.2) is 0 Å². The number of fused-ring (bicyclic) bond motifs is 1. The number of nitrogens with zero attached hydrogens (tertiary/aromatic N) is 1. The number of carbonyl (C=O) groups is 1. The van der Waals surface area contributed by atoms with Gasteiger partial charge in [0, 0.05) is 25.7 Å². The summed E-state index contributed by atoms with van der Waals surface area (Å²) in [5.74, 6) is 0.651. The average molecular weight is 459 g/mol. The second-order valence-electron chi connectivity index (χ2n) is 10.7. The quantitative estimate of drug-likeness (QED) is 0.609. The van der Waals surface area contributed by atoms with Crippen molar-refractivity contribution in [3.63, 3.8) is 0 Å². The molecule has 4 rings (SSSR count). The fourth-order valence-electron chi connectivity index (χ4n) is 5.73. The van der Waals surface area contributed by atoms with Crippen LogP contribution in [0.15, 0.2) is 54.6 Å². The Kier molecular flexibility index (Phi) is 6.59. The van der Waals surface area contributed by atoms with E-state index < -0.39 is 11.7 Å². The minimum Gasteiger partial charge on any atom is -0.352 e. The third-order valence-corrected chi connectivity index (χ3v) is 7.18. The van der Waals surface area contributed by atoms with Gasteiger partial charge in [-0.1, -0.05) is 69.3 Å². The Morgan fingerprint density at radius 3 is 2.42 bits per heavy atom. The maximum atomic E-state index is 13.4. The van der Waals surface area contributed by atoms with Gasteiger partial charge in [0.1, 0.15) is 0 Å². The SMILES string of the molecule is CC(C)(C)C(C(=O)NC1CCC2CN(Cc3cccc(C(F)(F)F)c3)CC21)c1ccccc1. The van der Waals surface area contributed by atoms with Gasteiger partial charge in [-0.15, -0.1) is 0 Å². The summed E-state index contributed by atoms with van der Waals surface area (Å²) >= 11 is 0. The van der Waals surface area contributed by atoms with Crippen molar-refractivity contribution in [2.45, 2.75) is 58.3 Å². The summed E-state index contributed by atoms with van der Waals surface area (Å²) in [6, 6.07) is 15.6. The first kappa shape index (κ1) is 23.8. The molecular weight excluding hydrogens is 425 g/mol. The van der Waals surface area contributed by atoms with Crippen LogP contribution in [0, 0.1) is 17.3 Å². The summed E-state index contributed by atoms with van der Waals surface area (Å²) in [5, 5.41) is 3.35. The molecule has 178 valence electrons. The Morgan fingerprint density at radius 2 is 1.76 bits per heavy atom. The maximum Gasteiger partial charge on any atom is 0.416 e. The number of benzene rings is 2. The van der Waals surface area contributed by atoms with Gasteiger partial charge < -0.3 is 5.32 Å². The van der Waals surface area contributed by atoms with Crippen molar-refractivity contribution in [1.82, 2.24) is 10.2 Å². The molecule has 0 bridgehead atoms. The number of alkyl halides is 3. The van der Waals surface area contributed by atoms with Crippen LogP contribution in [-0.4, -0.2) is 29.9 Å². The Labute approximate surface area is 194 Å². The standard InChI is InChI=1S/C27H33F3N2O/c1-26(2,3)24(19-9-5-4-6-10-19)25(33)31-23-13-12-20-16-32(17-22(20)23)15-18-8-7-11-21(14-18)27(28,29)30/h4-11,14,20,22-24H,12-13,15-17H2,1-3H3,(H,31,33). The van der Waals surface area contributed by atoms with Crippen LogP contribution in [0.2, 0.25) is 0 Å². The zero-order valence-electron chi connectivity index (χ0n) is 19.5. The largest absolute Gasteiger partial charge is 0.416 e. The second kappa shape index (κ2) is 9.13. The van der Waals surface area contributed by atoms with E-state index in [4.69, 9.17) is 0 Å². The zero-order chi connectivity index (χ0) is 23.8. The molecule has 4 unspecified atom stereocenters. The monoisotopic (exact) mass is 458 g/mol. The van der Waals surface area contributed by atoms with Gasteiger partial charge in [0.25, 0.3) is 0 Å². The molecule has 4 atom stereocenters. The highest BCUT2D eigenvalue weighted by atomic mass is 19.4. The maximum absolute atomic E-state index is 13.4. The van der Waals surface area contributed by atoms with E-state index in [0.29, 0.717) is 23.9 Å². The Hall–Kier alpha value is -2.34. The minimum atomic E-state index is -4.32. The highest BCUT2D eigenvalue weighted by molar-refractivity contribution is 5.84. The summed E-state index contributed by atoms with van der Waals surface area (Å²) in [6.45, 7) is 8.45. The van der Waals surface area contributed by atoms with Crippen LogP contribution in [-0.2, 0) is 17.5 Å². The number of hydrogen-bond donors (Lipinski definition) is 1. The van der Waals surface area contributed by atoms with Crippen LogP contribution in [0.3, 0.4) is 0 Å². The summed E-state index contributed by atoms with van der Waals surface area (Å²) < 4.78 is 39.2. The van der Waals surface area contributed by atoms with Gasteiger partial charge in [0.05, 0.1) is 11.5 Å². The third kappa shape index (κ3) is 5.43. The van der Waals surface area contributed by atoms with Crippen LogP contribution in [0.5, 0.6) is 0 Å². The van der Waals surface area contributed by atoms with E-state index in [2.05, 4.69) is 31.0 Å². The molecule has 1 amide bonds. The predicted octanol–water partition coefficient (Wildman–Crippen LogP) is 5.86. The Morgan fingerprint density at radius 1 is 1.03 bits per heavy atom. The Bertz CT molecular complexity index is 967. The lowest BCUT2D eigenvalue weighted by Crippen LogP contribution is -2.44. The van der Waals surface area contributed by atoms with Crippen LogP contribution < -0.4 is 5.32 Å². The van der Waals surface area contributed by atoms with Crippen molar-refractivity contribution >= 4 is 5.91 Å². The number of hydrogen-bond acceptors (Lipinski definition) is 2. The van der Waals surface area contributed by atoms with E-state index in [1.165, 1.54) is 12.1 Å². The average Bonchev–Trinajstić information content (AvgIpc) is 3.28. The highest BCUT2D eigenvalue weighted by Gasteiger charge is 2.44. The number of rotatable bonds is 5. The number of carbonyl (C=O) groups excluding carboxylic acids is 1. The second-order valence-corrected chi connectivity index (χ2v) is 10.7. The zero-order valence-corrected chi connectivity index (χ0v) is 19.5. The summed E-state index contributed by atoms with van der Waals surface area (Å²) in [4.78, 5) is 15.6. The molecule has 2 aliphatic rings. The number of halogens is 3. The third-order valence-electron chi connectivity index (χ3n) is 7.18. The van der Waals surface area contributed by atoms with Crippen LogP contribution >= 0.6 is 0 Å². The predicted molar refractivity (Wildman–Crippen MR) is 124 cm³/mol. The van der Waals surface area contributed by atoms with Crippen molar-refractivity contribution in [3.05, 3.63) is 71.3 Å². The fourth-order valence-corrected chi connectivity index (χ4v) is 5.73. The van der Waals surface area contributed by atoms with E-state index >= 15 is 0 Å². The van der Waals surface area contributed by atoms with E-state index in [9.17, 15) is 18.0 Å². The van der Waals surface area contributed by atoms with Crippen molar-refractivity contribution < 1.29 is 18.0 Å². The van der Waals surface area contributed by atoms with Gasteiger partial charge in [0.2, 0.25) is 5.91 Å². The number of amides is 1. The van der Waals surface area contributed by atoms with Crippen molar-refractivity contribution in [1.29, 1.82) is 0 Å². The molecule has 1 saturated carbocycles. The molecular formula is C27H33F3N2O. The van der Waals surface area contributed by atoms with Crippen LogP contribution in [0.1, 0.15) is 56.2 Å². The van der Waals surface area contributed by atoms with Gasteiger partial charge in [-0.05, 0) is 47.3 Å². The van der Waals surface area contributed by atoms with Crippen LogP contribution in [0.25, 0.3) is 0 Å². The molecule has 2 aromatic carbocycles. The normalized spacial score (nSPS) is 24.5. The lowest BCUT2D eigenvalue weighted by molar-refractivity contribution is -0.137. The minimum absolute atomic E-state index is 0.0654. The lowest BCUT2D eigenvalue weighted by Gasteiger charge is -2.32. The first-order chi connectivity index (χ1) is 15.5. The lowest BCUT2D eigenvalue weighted by atomic mass is 9.75. The van der Waals surface area contributed by atoms with E-state index in [1.54, 1.807) is 6.07 Å².